The first-order chi connectivity index (χ1) is 12.4. The smallest absolute Gasteiger partial charge is 0.228 e. The van der Waals surface area contributed by atoms with Gasteiger partial charge in [-0.2, -0.15) is 0 Å². The summed E-state index contributed by atoms with van der Waals surface area (Å²) in [5, 5.41) is 29.1. The summed E-state index contributed by atoms with van der Waals surface area (Å²) >= 11 is 0. The highest BCUT2D eigenvalue weighted by Crippen LogP contribution is 2.22. The first-order valence-corrected chi connectivity index (χ1v) is 8.94. The van der Waals surface area contributed by atoms with Gasteiger partial charge in [-0.05, 0) is 41.2 Å². The Hall–Kier alpha value is -1.92. The van der Waals surface area contributed by atoms with Gasteiger partial charge in [0.05, 0.1) is 6.61 Å². The van der Waals surface area contributed by atoms with E-state index < -0.39 is 24.6 Å². The van der Waals surface area contributed by atoms with Crippen molar-refractivity contribution in [3.63, 3.8) is 0 Å². The van der Waals surface area contributed by atoms with E-state index >= 15 is 0 Å². The van der Waals surface area contributed by atoms with Gasteiger partial charge >= 0.3 is 0 Å². The molecule has 1 fully saturated rings. The Balaban J connectivity index is 1.60. The van der Waals surface area contributed by atoms with Crippen molar-refractivity contribution in [2.24, 2.45) is 0 Å². The van der Waals surface area contributed by atoms with Crippen molar-refractivity contribution in [1.82, 2.24) is 0 Å². The second-order valence-corrected chi connectivity index (χ2v) is 7.09. The molecular formula is C21H26O5. The molecule has 0 spiro atoms. The maximum atomic E-state index is 9.92. The van der Waals surface area contributed by atoms with Gasteiger partial charge < -0.3 is 24.8 Å². The molecule has 0 bridgehead atoms. The number of benzene rings is 2. The largest absolute Gasteiger partial charge is 0.462 e. The summed E-state index contributed by atoms with van der Waals surface area (Å²) in [5.41, 5.74) is 3.72. The van der Waals surface area contributed by atoms with E-state index in [0.717, 1.165) is 12.0 Å². The van der Waals surface area contributed by atoms with Gasteiger partial charge in [0, 0.05) is 0 Å². The van der Waals surface area contributed by atoms with Crippen LogP contribution in [0.1, 0.15) is 36.5 Å². The predicted octanol–water partition coefficient (Wildman–Crippen LogP) is 2.22. The lowest BCUT2D eigenvalue weighted by Gasteiger charge is -2.34. The topological polar surface area (TPSA) is 79.2 Å². The van der Waals surface area contributed by atoms with Gasteiger partial charge in [-0.25, -0.2) is 0 Å². The Morgan fingerprint density at radius 2 is 1.50 bits per heavy atom. The average Bonchev–Trinajstić information content (AvgIpc) is 2.64. The standard InChI is InChI=1S/C21H26O5/c1-13(2)16-7-3-14(4-8-16)11-15-5-9-17(10-6-15)26-21-20(24)19(23)18(22)12-25-21/h3-10,13,18-24H,11-12H2,1-2H3/t18-,19-,20+,21+/m0/s1. The molecule has 5 heteroatoms. The van der Waals surface area contributed by atoms with Crippen LogP contribution in [0.2, 0.25) is 0 Å². The van der Waals surface area contributed by atoms with Crippen LogP contribution in [0.25, 0.3) is 0 Å². The zero-order chi connectivity index (χ0) is 18.7. The first-order valence-electron chi connectivity index (χ1n) is 8.94. The van der Waals surface area contributed by atoms with E-state index in [2.05, 4.69) is 38.1 Å². The maximum absolute atomic E-state index is 9.92. The van der Waals surface area contributed by atoms with Crippen LogP contribution in [-0.4, -0.2) is 46.5 Å². The van der Waals surface area contributed by atoms with E-state index in [4.69, 9.17) is 9.47 Å². The van der Waals surface area contributed by atoms with Crippen molar-refractivity contribution in [3.8, 4) is 5.75 Å². The van der Waals surface area contributed by atoms with E-state index in [1.165, 1.54) is 11.1 Å². The van der Waals surface area contributed by atoms with Crippen LogP contribution in [0.4, 0.5) is 0 Å². The van der Waals surface area contributed by atoms with Crippen molar-refractivity contribution in [2.45, 2.75) is 50.8 Å². The lowest BCUT2D eigenvalue weighted by atomic mass is 9.99. The molecule has 5 nitrogen and oxygen atoms in total. The van der Waals surface area contributed by atoms with Gasteiger partial charge in [-0.15, -0.1) is 0 Å². The van der Waals surface area contributed by atoms with Crippen molar-refractivity contribution < 1.29 is 24.8 Å². The SMILES string of the molecule is CC(C)c1ccc(Cc2ccc(O[C@H]3OC[C@H](O)[C@H](O)[C@H]3O)cc2)cc1. The molecule has 2 aromatic rings. The van der Waals surface area contributed by atoms with Crippen LogP contribution in [0.5, 0.6) is 5.75 Å². The number of rotatable bonds is 5. The molecule has 1 saturated heterocycles. The molecule has 0 aliphatic carbocycles. The first kappa shape index (κ1) is 18.9. The molecule has 1 heterocycles. The highest BCUT2D eigenvalue weighted by molar-refractivity contribution is 5.33. The van der Waals surface area contributed by atoms with Gasteiger partial charge in [0.15, 0.2) is 0 Å². The summed E-state index contributed by atoms with van der Waals surface area (Å²) in [6, 6.07) is 16.2. The molecule has 4 atom stereocenters. The monoisotopic (exact) mass is 358 g/mol. The van der Waals surface area contributed by atoms with Crippen molar-refractivity contribution in [2.75, 3.05) is 6.61 Å². The molecule has 0 saturated carbocycles. The minimum atomic E-state index is -1.29. The van der Waals surface area contributed by atoms with Gasteiger partial charge in [-0.1, -0.05) is 50.2 Å². The molecule has 26 heavy (non-hydrogen) atoms. The Morgan fingerprint density at radius 3 is 2.08 bits per heavy atom. The third-order valence-electron chi connectivity index (χ3n) is 4.68. The quantitative estimate of drug-likeness (QED) is 0.764. The number of ether oxygens (including phenoxy) is 2. The average molecular weight is 358 g/mol. The maximum Gasteiger partial charge on any atom is 0.228 e. The zero-order valence-corrected chi connectivity index (χ0v) is 15.1. The highest BCUT2D eigenvalue weighted by atomic mass is 16.7. The second kappa shape index (κ2) is 8.18. The normalized spacial score (nSPS) is 26.1. The van der Waals surface area contributed by atoms with Gasteiger partial charge in [-0.3, -0.25) is 0 Å². The summed E-state index contributed by atoms with van der Waals surface area (Å²) in [6.45, 7) is 4.29. The van der Waals surface area contributed by atoms with Crippen LogP contribution >= 0.6 is 0 Å². The fraction of sp³-hybridized carbons (Fsp3) is 0.429. The van der Waals surface area contributed by atoms with E-state index in [-0.39, 0.29) is 6.61 Å². The predicted molar refractivity (Wildman–Crippen MR) is 98.2 cm³/mol. The molecule has 1 aliphatic heterocycles. The zero-order valence-electron chi connectivity index (χ0n) is 15.1. The molecule has 0 amide bonds. The number of aliphatic hydroxyl groups is 3. The third kappa shape index (κ3) is 4.43. The Labute approximate surface area is 153 Å². The molecule has 1 aliphatic rings. The minimum absolute atomic E-state index is 0.0760. The van der Waals surface area contributed by atoms with Gasteiger partial charge in [0.25, 0.3) is 0 Å². The molecule has 0 aromatic heterocycles. The highest BCUT2D eigenvalue weighted by Gasteiger charge is 2.38. The minimum Gasteiger partial charge on any atom is -0.462 e. The van der Waals surface area contributed by atoms with Crippen molar-refractivity contribution in [3.05, 3.63) is 65.2 Å². The van der Waals surface area contributed by atoms with Crippen LogP contribution in [-0.2, 0) is 11.2 Å². The van der Waals surface area contributed by atoms with E-state index in [9.17, 15) is 15.3 Å². The molecule has 140 valence electrons. The fourth-order valence-corrected chi connectivity index (χ4v) is 2.96. The second-order valence-electron chi connectivity index (χ2n) is 7.09. The molecule has 3 N–H and O–H groups in total. The summed E-state index contributed by atoms with van der Waals surface area (Å²) in [7, 11) is 0. The molecule has 0 unspecified atom stereocenters. The number of hydrogen-bond donors (Lipinski definition) is 3. The van der Waals surface area contributed by atoms with E-state index in [1.54, 1.807) is 0 Å². The fourth-order valence-electron chi connectivity index (χ4n) is 2.96. The van der Waals surface area contributed by atoms with Crippen molar-refractivity contribution in [1.29, 1.82) is 0 Å². The summed E-state index contributed by atoms with van der Waals surface area (Å²) in [6.07, 6.45) is -3.84. The number of aliphatic hydroxyl groups excluding tert-OH is 3. The lowest BCUT2D eigenvalue weighted by Crippen LogP contribution is -2.54. The molecular weight excluding hydrogens is 332 g/mol. The summed E-state index contributed by atoms with van der Waals surface area (Å²) in [5.74, 6) is 1.06. The van der Waals surface area contributed by atoms with E-state index in [1.807, 2.05) is 24.3 Å². The molecule has 2 aromatic carbocycles. The van der Waals surface area contributed by atoms with Crippen molar-refractivity contribution >= 4 is 0 Å². The van der Waals surface area contributed by atoms with E-state index in [0.29, 0.717) is 11.7 Å². The Bertz CT molecular complexity index is 695. The number of hydrogen-bond acceptors (Lipinski definition) is 5. The van der Waals surface area contributed by atoms with Crippen LogP contribution in [0.15, 0.2) is 48.5 Å². The Morgan fingerprint density at radius 1 is 0.923 bits per heavy atom. The van der Waals surface area contributed by atoms with Crippen LogP contribution in [0, 0.1) is 0 Å². The summed E-state index contributed by atoms with van der Waals surface area (Å²) < 4.78 is 10.8. The van der Waals surface area contributed by atoms with Crippen LogP contribution < -0.4 is 4.74 Å². The van der Waals surface area contributed by atoms with Crippen LogP contribution in [0.3, 0.4) is 0 Å². The molecule has 3 rings (SSSR count). The Kier molecular flexibility index (Phi) is 5.94. The molecule has 0 radical (unpaired) electrons. The third-order valence-corrected chi connectivity index (χ3v) is 4.68. The lowest BCUT2D eigenvalue weighted by molar-refractivity contribution is -0.242. The summed E-state index contributed by atoms with van der Waals surface area (Å²) in [4.78, 5) is 0. The van der Waals surface area contributed by atoms with Gasteiger partial charge in [0.1, 0.15) is 24.1 Å². The van der Waals surface area contributed by atoms with Gasteiger partial charge in [0.2, 0.25) is 6.29 Å².